The zero-order valence-corrected chi connectivity index (χ0v) is 44.5. The van der Waals surface area contributed by atoms with E-state index in [2.05, 4.69) is 40.9 Å². The van der Waals surface area contributed by atoms with Crippen molar-refractivity contribution in [2.24, 2.45) is 40.9 Å². The number of aromatic hydroxyl groups is 3. The maximum absolute atomic E-state index is 12.8. The number of hydrogen-bond donors (Lipinski definition) is 11. The van der Waals surface area contributed by atoms with Gasteiger partial charge in [0.2, 0.25) is 0 Å². The van der Waals surface area contributed by atoms with Crippen molar-refractivity contribution in [1.82, 2.24) is 0 Å². The van der Waals surface area contributed by atoms with E-state index >= 15 is 0 Å². The molecule has 8 aromatic rings. The average Bonchev–Trinajstić information content (AvgIpc) is 1.47. The lowest BCUT2D eigenvalue weighted by atomic mass is 10.0. The van der Waals surface area contributed by atoms with Crippen LogP contribution in [-0.4, -0.2) is 98.1 Å². The molecular formula is C42H29N11O23S6. The Morgan fingerprint density at radius 3 is 1.15 bits per heavy atom. The number of anilines is 2. The summed E-state index contributed by atoms with van der Waals surface area (Å²) in [4.78, 5) is 3.38. The van der Waals surface area contributed by atoms with Crippen LogP contribution in [0, 0.1) is 10.1 Å². The van der Waals surface area contributed by atoms with Gasteiger partial charge < -0.3 is 26.8 Å². The zero-order chi connectivity index (χ0) is 60.6. The fourth-order valence-electron chi connectivity index (χ4n) is 7.64. The van der Waals surface area contributed by atoms with Gasteiger partial charge in [0.25, 0.3) is 66.4 Å². The van der Waals surface area contributed by atoms with Crippen LogP contribution in [0.3, 0.4) is 0 Å². The zero-order valence-electron chi connectivity index (χ0n) is 39.6. The summed E-state index contributed by atoms with van der Waals surface area (Å²) in [5.41, 5.74) is 3.92. The molecule has 0 spiro atoms. The lowest BCUT2D eigenvalue weighted by Gasteiger charge is -2.14. The van der Waals surface area contributed by atoms with E-state index in [0.29, 0.717) is 30.3 Å². The fraction of sp³-hybridized carbons (Fsp3) is 0. The number of rotatable bonds is 15. The Morgan fingerprint density at radius 2 is 0.732 bits per heavy atom. The van der Waals surface area contributed by atoms with E-state index in [1.807, 2.05) is 0 Å². The molecule has 0 aliphatic carbocycles. The largest absolute Gasteiger partial charge is 0.505 e. The number of nitro benzene ring substituents is 1. The van der Waals surface area contributed by atoms with Crippen molar-refractivity contribution in [2.45, 2.75) is 29.4 Å². The molecule has 8 aromatic carbocycles. The minimum Gasteiger partial charge on any atom is -0.505 e. The predicted molar refractivity (Wildman–Crippen MR) is 281 cm³/mol. The third-order valence-electron chi connectivity index (χ3n) is 11.2. The van der Waals surface area contributed by atoms with E-state index in [-0.39, 0.29) is 38.6 Å². The molecule has 0 saturated carbocycles. The molecule has 0 aliphatic rings. The summed E-state index contributed by atoms with van der Waals surface area (Å²) in [6.45, 7) is 0. The van der Waals surface area contributed by atoms with Crippen LogP contribution in [0.4, 0.5) is 62.6 Å². The number of non-ortho nitro benzene ring substituents is 1. The summed E-state index contributed by atoms with van der Waals surface area (Å²) in [5.74, 6) is -3.30. The van der Waals surface area contributed by atoms with Gasteiger partial charge in [-0.2, -0.15) is 60.7 Å². The summed E-state index contributed by atoms with van der Waals surface area (Å²) in [6, 6.07) is 13.4. The van der Waals surface area contributed by atoms with Crippen LogP contribution in [-0.2, 0) is 60.7 Å². The summed E-state index contributed by atoms with van der Waals surface area (Å²) < 4.78 is 209. The molecule has 0 saturated heterocycles. The van der Waals surface area contributed by atoms with Crippen molar-refractivity contribution in [3.8, 4) is 17.2 Å². The standard InChI is InChI=1S/C42H29N11O23S6/c43-20-1-7-26(28(15-20)77(59,60)61)47-51-37-31(80(68,69)70)12-18-10-22(3-6-25(18)40(37)54)46-50-39-33(82(74,75)76)14-19-13-30(79(65,66)67)36(35(44)34(19)42(39)56)49-45-21-2-5-24-17(9-21)11-32(81(71,72)73)38(41(24)55)52-48-27-8-4-23(53(57)58)16-29(27)78(62,63)64/h1-16,54-56H,43-44H2,(H,59,60,61)(H,62,63,64)(H,65,66,67)(H,68,69,70)(H,71,72,73)(H,74,75,76). The van der Waals surface area contributed by atoms with E-state index in [4.69, 9.17) is 11.5 Å². The minimum absolute atomic E-state index is 0.141. The Bertz CT molecular complexity index is 5020. The highest BCUT2D eigenvalue weighted by molar-refractivity contribution is 7.87. The number of nitrogens with two attached hydrogens (primary N) is 2. The van der Waals surface area contributed by atoms with Gasteiger partial charge in [-0.1, -0.05) is 0 Å². The van der Waals surface area contributed by atoms with E-state index in [1.54, 1.807) is 0 Å². The number of hydrogen-bond acceptors (Lipinski definition) is 27. The minimum atomic E-state index is -5.48. The molecule has 0 aliphatic heterocycles. The molecule has 0 unspecified atom stereocenters. The summed E-state index contributed by atoms with van der Waals surface area (Å²) in [5, 5.41) is 72.1. The topological polar surface area (TPSA) is 581 Å². The number of fused-ring (bicyclic) bond motifs is 3. The first-order chi connectivity index (χ1) is 37.8. The van der Waals surface area contributed by atoms with Crippen molar-refractivity contribution in [3.63, 3.8) is 0 Å². The second-order valence-electron chi connectivity index (χ2n) is 16.5. The van der Waals surface area contributed by atoms with Crippen molar-refractivity contribution in [3.05, 3.63) is 107 Å². The average molecular weight is 1250 g/mol. The maximum Gasteiger partial charge on any atom is 0.297 e. The number of azo groups is 4. The molecule has 34 nitrogen and oxygen atoms in total. The van der Waals surface area contributed by atoms with Crippen LogP contribution < -0.4 is 11.5 Å². The SMILES string of the molecule is Nc1ccc(N=Nc2c(S(=O)(=O)O)cc3cc(N=Nc4c(S(=O)(=O)O)cc5cc(S(=O)(=O)O)c(N=Nc6ccc7c(O)c(N=Nc8ccc([N+](=O)[O-])cc8S(=O)(=O)O)c(S(=O)(=O)O)cc7c6)c(N)c5c4O)ccc3c2O)c(S(=O)(=O)O)c1. The van der Waals surface area contributed by atoms with Gasteiger partial charge in [0.1, 0.15) is 63.5 Å². The third-order valence-corrected chi connectivity index (χ3v) is 16.5. The van der Waals surface area contributed by atoms with Gasteiger partial charge in [0, 0.05) is 28.6 Å². The highest BCUT2D eigenvalue weighted by Gasteiger charge is 2.30. The lowest BCUT2D eigenvalue weighted by molar-refractivity contribution is -0.385. The Kier molecular flexibility index (Phi) is 14.9. The first-order valence-corrected chi connectivity index (χ1v) is 29.9. The Hall–Kier alpha value is -9.20. The number of phenols is 3. The Morgan fingerprint density at radius 1 is 0.378 bits per heavy atom. The number of phenolic OH excluding ortho intramolecular Hbond substituents is 3. The van der Waals surface area contributed by atoms with E-state index < -0.39 is 169 Å². The molecule has 0 atom stereocenters. The van der Waals surface area contributed by atoms with Crippen molar-refractivity contribution >= 4 is 156 Å². The molecule has 0 bridgehead atoms. The Labute approximate surface area is 457 Å². The molecule has 0 radical (unpaired) electrons. The van der Waals surface area contributed by atoms with Gasteiger partial charge in [-0.25, -0.2) is 0 Å². The molecular weight excluding hydrogens is 1220 g/mol. The van der Waals surface area contributed by atoms with Crippen LogP contribution in [0.5, 0.6) is 17.2 Å². The van der Waals surface area contributed by atoms with Crippen molar-refractivity contribution in [1.29, 1.82) is 0 Å². The predicted octanol–water partition coefficient (Wildman–Crippen LogP) is 8.48. The molecule has 0 aromatic heterocycles. The maximum atomic E-state index is 12.8. The smallest absolute Gasteiger partial charge is 0.297 e. The summed E-state index contributed by atoms with van der Waals surface area (Å²) >= 11 is 0. The first kappa shape index (κ1) is 58.9. The van der Waals surface area contributed by atoms with Gasteiger partial charge in [-0.05, 0) is 101 Å². The monoisotopic (exact) mass is 1250 g/mol. The van der Waals surface area contributed by atoms with E-state index in [1.165, 1.54) is 0 Å². The molecule has 13 N–H and O–H groups in total. The van der Waals surface area contributed by atoms with Gasteiger partial charge in [0.05, 0.1) is 27.4 Å². The van der Waals surface area contributed by atoms with Gasteiger partial charge in [-0.15, -0.1) is 30.7 Å². The van der Waals surface area contributed by atoms with Crippen LogP contribution in [0.1, 0.15) is 0 Å². The molecule has 0 heterocycles. The number of nitrogen functional groups attached to an aromatic ring is 2. The molecule has 426 valence electrons. The van der Waals surface area contributed by atoms with Crippen LogP contribution in [0.2, 0.25) is 0 Å². The molecule has 0 amide bonds. The summed E-state index contributed by atoms with van der Waals surface area (Å²) in [6.07, 6.45) is 0. The third kappa shape index (κ3) is 11.8. The summed E-state index contributed by atoms with van der Waals surface area (Å²) in [7, 11) is -31.9. The van der Waals surface area contributed by atoms with Crippen LogP contribution >= 0.6 is 0 Å². The van der Waals surface area contributed by atoms with Crippen LogP contribution in [0.15, 0.2) is 167 Å². The molecule has 8 rings (SSSR count). The molecule has 40 heteroatoms. The van der Waals surface area contributed by atoms with Gasteiger partial charge in [-0.3, -0.25) is 37.4 Å². The van der Waals surface area contributed by atoms with Crippen molar-refractivity contribution < 1.29 is 98.1 Å². The van der Waals surface area contributed by atoms with Gasteiger partial charge >= 0.3 is 0 Å². The highest BCUT2D eigenvalue weighted by atomic mass is 32.2. The molecule has 82 heavy (non-hydrogen) atoms. The Balaban J connectivity index is 1.21. The van der Waals surface area contributed by atoms with E-state index in [0.717, 1.165) is 66.7 Å². The molecule has 0 fully saturated rings. The first-order valence-electron chi connectivity index (χ1n) is 21.3. The number of nitro groups is 1. The lowest BCUT2D eigenvalue weighted by Crippen LogP contribution is -2.03. The highest BCUT2D eigenvalue weighted by Crippen LogP contribution is 2.50. The second kappa shape index (κ2) is 20.7. The second-order valence-corrected chi connectivity index (χ2v) is 24.9. The fourth-order valence-corrected chi connectivity index (χ4v) is 11.6. The normalized spacial score (nSPS) is 13.2. The van der Waals surface area contributed by atoms with Crippen LogP contribution in [0.25, 0.3) is 32.3 Å². The number of benzene rings is 8. The van der Waals surface area contributed by atoms with Gasteiger partial charge in [0.15, 0.2) is 17.2 Å². The quantitative estimate of drug-likeness (QED) is 0.0151. The van der Waals surface area contributed by atoms with Crippen molar-refractivity contribution in [2.75, 3.05) is 11.5 Å². The number of nitrogens with zero attached hydrogens (tertiary/aromatic N) is 9. The van der Waals surface area contributed by atoms with E-state index in [9.17, 15) is 103 Å².